The highest BCUT2D eigenvalue weighted by Crippen LogP contribution is 2.41. The van der Waals surface area contributed by atoms with Gasteiger partial charge in [-0.25, -0.2) is 0 Å². The fraction of sp³-hybridized carbons (Fsp3) is 0.600. The first kappa shape index (κ1) is 15.3. The van der Waals surface area contributed by atoms with Gasteiger partial charge in [0.25, 0.3) is 0 Å². The van der Waals surface area contributed by atoms with E-state index < -0.39 is 11.7 Å². The van der Waals surface area contributed by atoms with Crippen molar-refractivity contribution in [2.45, 2.75) is 32.0 Å². The van der Waals surface area contributed by atoms with E-state index in [1.54, 1.807) is 0 Å². The van der Waals surface area contributed by atoms with Crippen molar-refractivity contribution in [3.63, 3.8) is 0 Å². The summed E-state index contributed by atoms with van der Waals surface area (Å²) >= 11 is 0. The summed E-state index contributed by atoms with van der Waals surface area (Å²) in [6.07, 6.45) is -1.08. The van der Waals surface area contributed by atoms with Gasteiger partial charge in [0.1, 0.15) is 0 Å². The Hall–Kier alpha value is -1.07. The van der Waals surface area contributed by atoms with Crippen LogP contribution < -0.4 is 0 Å². The SMILES string of the molecule is CN(Cc1ccc(C(F)(F)F)cc1)CC1(CO)CCC1. The maximum absolute atomic E-state index is 12.5. The molecular weight excluding hydrogens is 267 g/mol. The van der Waals surface area contributed by atoms with Gasteiger partial charge in [0.05, 0.1) is 5.56 Å². The van der Waals surface area contributed by atoms with Gasteiger partial charge in [-0.05, 0) is 37.6 Å². The Bertz CT molecular complexity index is 432. The summed E-state index contributed by atoms with van der Waals surface area (Å²) in [5, 5.41) is 9.43. The molecule has 0 heterocycles. The molecular formula is C15H20F3NO. The number of alkyl halides is 3. The Kier molecular flexibility index (Phi) is 4.39. The van der Waals surface area contributed by atoms with Crippen LogP contribution >= 0.6 is 0 Å². The predicted molar refractivity (Wildman–Crippen MR) is 71.1 cm³/mol. The van der Waals surface area contributed by atoms with Gasteiger partial charge in [-0.15, -0.1) is 0 Å². The molecule has 1 aromatic rings. The van der Waals surface area contributed by atoms with Crippen molar-refractivity contribution in [3.05, 3.63) is 35.4 Å². The second-order valence-electron chi connectivity index (χ2n) is 5.88. The van der Waals surface area contributed by atoms with E-state index in [-0.39, 0.29) is 12.0 Å². The summed E-state index contributed by atoms with van der Waals surface area (Å²) in [6.45, 7) is 1.56. The third-order valence-electron chi connectivity index (χ3n) is 4.09. The number of nitrogens with zero attached hydrogens (tertiary/aromatic N) is 1. The minimum atomic E-state index is -4.28. The van der Waals surface area contributed by atoms with Crippen molar-refractivity contribution in [2.75, 3.05) is 20.2 Å². The van der Waals surface area contributed by atoms with E-state index in [0.717, 1.165) is 43.5 Å². The quantitative estimate of drug-likeness (QED) is 0.898. The maximum atomic E-state index is 12.5. The molecule has 112 valence electrons. The van der Waals surface area contributed by atoms with E-state index >= 15 is 0 Å². The first-order chi connectivity index (χ1) is 9.35. The Morgan fingerprint density at radius 1 is 1.20 bits per heavy atom. The average molecular weight is 287 g/mol. The van der Waals surface area contributed by atoms with Gasteiger partial charge in [0.2, 0.25) is 0 Å². The van der Waals surface area contributed by atoms with Gasteiger partial charge in [-0.1, -0.05) is 18.6 Å². The van der Waals surface area contributed by atoms with Gasteiger partial charge in [0, 0.05) is 25.1 Å². The molecule has 2 rings (SSSR count). The molecule has 1 aliphatic rings. The number of rotatable bonds is 5. The van der Waals surface area contributed by atoms with Crippen molar-refractivity contribution in [3.8, 4) is 0 Å². The largest absolute Gasteiger partial charge is 0.416 e. The highest BCUT2D eigenvalue weighted by atomic mass is 19.4. The first-order valence-corrected chi connectivity index (χ1v) is 6.80. The van der Waals surface area contributed by atoms with Crippen LogP contribution in [0.5, 0.6) is 0 Å². The average Bonchev–Trinajstić information content (AvgIpc) is 2.33. The molecule has 0 atom stereocenters. The van der Waals surface area contributed by atoms with Crippen molar-refractivity contribution in [2.24, 2.45) is 5.41 Å². The van der Waals surface area contributed by atoms with E-state index in [4.69, 9.17) is 0 Å². The molecule has 0 aliphatic heterocycles. The second-order valence-corrected chi connectivity index (χ2v) is 5.88. The minimum absolute atomic E-state index is 0.000655. The molecule has 1 fully saturated rings. The number of aliphatic hydroxyl groups is 1. The van der Waals surface area contributed by atoms with Crippen LogP contribution in [0.15, 0.2) is 24.3 Å². The van der Waals surface area contributed by atoms with Crippen LogP contribution in [0.2, 0.25) is 0 Å². The van der Waals surface area contributed by atoms with E-state index in [9.17, 15) is 18.3 Å². The van der Waals surface area contributed by atoms with Crippen molar-refractivity contribution in [1.82, 2.24) is 4.90 Å². The summed E-state index contributed by atoms with van der Waals surface area (Å²) in [6, 6.07) is 5.28. The number of halogens is 3. The van der Waals surface area contributed by atoms with Crippen molar-refractivity contribution >= 4 is 0 Å². The topological polar surface area (TPSA) is 23.5 Å². The van der Waals surface area contributed by atoms with Crippen molar-refractivity contribution in [1.29, 1.82) is 0 Å². The van der Waals surface area contributed by atoms with Gasteiger partial charge in [0.15, 0.2) is 0 Å². The monoisotopic (exact) mass is 287 g/mol. The van der Waals surface area contributed by atoms with Crippen LogP contribution in [0.25, 0.3) is 0 Å². The highest BCUT2D eigenvalue weighted by molar-refractivity contribution is 5.24. The molecule has 20 heavy (non-hydrogen) atoms. The Balaban J connectivity index is 1.93. The summed E-state index contributed by atoms with van der Waals surface area (Å²) in [4.78, 5) is 2.07. The number of benzene rings is 1. The number of aliphatic hydroxyl groups excluding tert-OH is 1. The van der Waals surface area contributed by atoms with Gasteiger partial charge in [-0.3, -0.25) is 0 Å². The van der Waals surface area contributed by atoms with Gasteiger partial charge >= 0.3 is 6.18 Å². The predicted octanol–water partition coefficient (Wildman–Crippen LogP) is 3.30. The first-order valence-electron chi connectivity index (χ1n) is 6.80. The third-order valence-corrected chi connectivity index (χ3v) is 4.09. The lowest BCUT2D eigenvalue weighted by Crippen LogP contribution is -2.43. The van der Waals surface area contributed by atoms with E-state index in [0.29, 0.717) is 6.54 Å². The van der Waals surface area contributed by atoms with E-state index in [1.165, 1.54) is 12.1 Å². The van der Waals surface area contributed by atoms with Crippen LogP contribution in [0.1, 0.15) is 30.4 Å². The van der Waals surface area contributed by atoms with Crippen LogP contribution in [-0.2, 0) is 12.7 Å². The summed E-state index contributed by atoms with van der Waals surface area (Å²) in [7, 11) is 1.94. The van der Waals surface area contributed by atoms with Crippen LogP contribution in [0, 0.1) is 5.41 Å². The lowest BCUT2D eigenvalue weighted by molar-refractivity contribution is -0.137. The summed E-state index contributed by atoms with van der Waals surface area (Å²) < 4.78 is 37.4. The summed E-state index contributed by atoms with van der Waals surface area (Å²) in [5.74, 6) is 0. The van der Waals surface area contributed by atoms with E-state index in [2.05, 4.69) is 4.90 Å². The number of hydrogen-bond donors (Lipinski definition) is 1. The molecule has 0 aromatic heterocycles. The molecule has 2 nitrogen and oxygen atoms in total. The zero-order valence-electron chi connectivity index (χ0n) is 11.6. The molecule has 1 saturated carbocycles. The molecule has 0 amide bonds. The highest BCUT2D eigenvalue weighted by Gasteiger charge is 2.37. The molecule has 5 heteroatoms. The Labute approximate surface area is 117 Å². The van der Waals surface area contributed by atoms with Crippen LogP contribution in [0.4, 0.5) is 13.2 Å². The molecule has 0 radical (unpaired) electrons. The van der Waals surface area contributed by atoms with Gasteiger partial charge < -0.3 is 10.0 Å². The van der Waals surface area contributed by atoms with Gasteiger partial charge in [-0.2, -0.15) is 13.2 Å². The molecule has 0 saturated heterocycles. The Morgan fingerprint density at radius 2 is 1.80 bits per heavy atom. The Morgan fingerprint density at radius 3 is 2.20 bits per heavy atom. The minimum Gasteiger partial charge on any atom is -0.396 e. The molecule has 1 aromatic carbocycles. The standard InChI is InChI=1S/C15H20F3NO/c1-19(10-14(11-20)7-2-8-14)9-12-3-5-13(6-4-12)15(16,17)18/h3-6,20H,2,7-11H2,1H3. The zero-order valence-corrected chi connectivity index (χ0v) is 11.6. The van der Waals surface area contributed by atoms with Crippen molar-refractivity contribution < 1.29 is 18.3 Å². The normalized spacial score (nSPS) is 18.1. The zero-order chi connectivity index (χ0) is 14.8. The molecule has 0 bridgehead atoms. The fourth-order valence-electron chi connectivity index (χ4n) is 2.78. The summed E-state index contributed by atoms with van der Waals surface area (Å²) in [5.41, 5.74) is 0.239. The lowest BCUT2D eigenvalue weighted by atomic mass is 9.69. The fourth-order valence-corrected chi connectivity index (χ4v) is 2.78. The van der Waals surface area contributed by atoms with E-state index in [1.807, 2.05) is 7.05 Å². The number of hydrogen-bond acceptors (Lipinski definition) is 2. The smallest absolute Gasteiger partial charge is 0.396 e. The van der Waals surface area contributed by atoms with Crippen LogP contribution in [-0.4, -0.2) is 30.2 Å². The lowest BCUT2D eigenvalue weighted by Gasteiger charge is -2.43. The third kappa shape index (κ3) is 3.52. The molecule has 1 N–H and O–H groups in total. The second kappa shape index (κ2) is 5.74. The molecule has 1 aliphatic carbocycles. The maximum Gasteiger partial charge on any atom is 0.416 e. The van der Waals surface area contributed by atoms with Crippen LogP contribution in [0.3, 0.4) is 0 Å². The molecule has 0 unspecified atom stereocenters. The molecule has 0 spiro atoms.